The molecule has 0 aliphatic rings. The average Bonchev–Trinajstić information content (AvgIpc) is 2.18. The zero-order chi connectivity index (χ0) is 10.6. The van der Waals surface area contributed by atoms with E-state index in [9.17, 15) is 15.2 Å². The summed E-state index contributed by atoms with van der Waals surface area (Å²) in [4.78, 5) is 10.2. The first-order valence-corrected chi connectivity index (χ1v) is 5.23. The second-order valence-corrected chi connectivity index (χ2v) is 3.55. The van der Waals surface area contributed by atoms with Crippen LogP contribution in [0.15, 0.2) is 24.3 Å². The molecule has 4 nitrogen and oxygen atoms in total. The van der Waals surface area contributed by atoms with Crippen molar-refractivity contribution < 1.29 is 10.0 Å². The lowest BCUT2D eigenvalue weighted by molar-refractivity contribution is -0.385. The summed E-state index contributed by atoms with van der Waals surface area (Å²) in [5.74, 6) is 0. The minimum absolute atomic E-state index is 0.0625. The highest BCUT2D eigenvalue weighted by Gasteiger charge is 2.14. The fourth-order valence-electron chi connectivity index (χ4n) is 1.17. The summed E-state index contributed by atoms with van der Waals surface area (Å²) in [6.45, 7) is 0. The van der Waals surface area contributed by atoms with Crippen LogP contribution in [0, 0.1) is 10.1 Å². The number of alkyl halides is 1. The van der Waals surface area contributed by atoms with E-state index in [-0.39, 0.29) is 5.69 Å². The van der Waals surface area contributed by atoms with Crippen LogP contribution in [0.2, 0.25) is 0 Å². The number of aliphatic hydroxyl groups is 1. The van der Waals surface area contributed by atoms with Gasteiger partial charge in [0, 0.05) is 23.4 Å². The predicted octanol–water partition coefficient (Wildman–Crippen LogP) is 1.89. The molecule has 0 aromatic heterocycles. The summed E-state index contributed by atoms with van der Waals surface area (Å²) < 4.78 is 0. The SMILES string of the molecule is O=[N+]([O-])c1ccccc1C[C@@H](O)CBr. The van der Waals surface area contributed by atoms with Crippen LogP contribution in [-0.2, 0) is 6.42 Å². The molecule has 0 radical (unpaired) electrons. The van der Waals surface area contributed by atoms with Gasteiger partial charge in [0.05, 0.1) is 11.0 Å². The van der Waals surface area contributed by atoms with Crippen molar-refractivity contribution in [3.8, 4) is 0 Å². The molecule has 14 heavy (non-hydrogen) atoms. The van der Waals surface area contributed by atoms with Crippen LogP contribution in [0.3, 0.4) is 0 Å². The zero-order valence-corrected chi connectivity index (χ0v) is 8.98. The number of benzene rings is 1. The third kappa shape index (κ3) is 2.78. The quantitative estimate of drug-likeness (QED) is 0.510. The smallest absolute Gasteiger partial charge is 0.272 e. The molecule has 0 amide bonds. The molecule has 5 heteroatoms. The normalized spacial score (nSPS) is 12.4. The molecule has 0 bridgehead atoms. The van der Waals surface area contributed by atoms with Gasteiger partial charge in [-0.1, -0.05) is 34.1 Å². The summed E-state index contributed by atoms with van der Waals surface area (Å²) >= 11 is 3.11. The van der Waals surface area contributed by atoms with E-state index in [4.69, 9.17) is 0 Å². The Morgan fingerprint density at radius 1 is 1.50 bits per heavy atom. The molecule has 0 unspecified atom stereocenters. The first-order valence-electron chi connectivity index (χ1n) is 4.11. The topological polar surface area (TPSA) is 63.4 Å². The molecule has 1 atom stereocenters. The maximum absolute atomic E-state index is 10.6. The van der Waals surface area contributed by atoms with Crippen molar-refractivity contribution in [1.82, 2.24) is 0 Å². The van der Waals surface area contributed by atoms with Crippen LogP contribution in [0.5, 0.6) is 0 Å². The van der Waals surface area contributed by atoms with Crippen molar-refractivity contribution in [1.29, 1.82) is 0 Å². The van der Waals surface area contributed by atoms with Crippen LogP contribution in [0.4, 0.5) is 5.69 Å². The maximum atomic E-state index is 10.6. The van der Waals surface area contributed by atoms with Crippen LogP contribution >= 0.6 is 15.9 Å². The average molecular weight is 260 g/mol. The van der Waals surface area contributed by atoms with Crippen molar-refractivity contribution in [2.75, 3.05) is 5.33 Å². The number of para-hydroxylation sites is 1. The van der Waals surface area contributed by atoms with E-state index in [1.165, 1.54) is 6.07 Å². The number of rotatable bonds is 4. The van der Waals surface area contributed by atoms with E-state index in [1.54, 1.807) is 18.2 Å². The third-order valence-electron chi connectivity index (χ3n) is 1.82. The van der Waals surface area contributed by atoms with Gasteiger partial charge in [-0.2, -0.15) is 0 Å². The minimum atomic E-state index is -0.587. The van der Waals surface area contributed by atoms with Gasteiger partial charge >= 0.3 is 0 Å². The number of nitrogens with zero attached hydrogens (tertiary/aromatic N) is 1. The maximum Gasteiger partial charge on any atom is 0.272 e. The van der Waals surface area contributed by atoms with E-state index in [0.29, 0.717) is 17.3 Å². The highest BCUT2D eigenvalue weighted by atomic mass is 79.9. The molecule has 0 saturated carbocycles. The van der Waals surface area contributed by atoms with Crippen molar-refractivity contribution in [3.63, 3.8) is 0 Å². The fraction of sp³-hybridized carbons (Fsp3) is 0.333. The third-order valence-corrected chi connectivity index (χ3v) is 2.57. The molecule has 1 rings (SSSR count). The Balaban J connectivity index is 2.90. The predicted molar refractivity (Wildman–Crippen MR) is 56.6 cm³/mol. The van der Waals surface area contributed by atoms with E-state index in [0.717, 1.165) is 0 Å². The first kappa shape index (κ1) is 11.1. The Labute approximate surface area is 89.8 Å². The minimum Gasteiger partial charge on any atom is -0.392 e. The highest BCUT2D eigenvalue weighted by Crippen LogP contribution is 2.19. The molecule has 0 spiro atoms. The molecule has 1 aromatic carbocycles. The number of halogens is 1. The van der Waals surface area contributed by atoms with E-state index >= 15 is 0 Å². The summed E-state index contributed by atoms with van der Waals surface area (Å²) in [6.07, 6.45) is -0.293. The molecular formula is C9H10BrNO3. The zero-order valence-electron chi connectivity index (χ0n) is 7.39. The summed E-state index contributed by atoms with van der Waals surface area (Å²) in [7, 11) is 0. The monoisotopic (exact) mass is 259 g/mol. The Bertz CT molecular complexity index is 330. The van der Waals surface area contributed by atoms with Gasteiger partial charge < -0.3 is 5.11 Å². The number of nitro benzene ring substituents is 1. The van der Waals surface area contributed by atoms with Gasteiger partial charge in [-0.3, -0.25) is 10.1 Å². The number of hydrogen-bond acceptors (Lipinski definition) is 3. The number of aliphatic hydroxyl groups excluding tert-OH is 1. The molecule has 0 saturated heterocycles. The van der Waals surface area contributed by atoms with Crippen LogP contribution in [-0.4, -0.2) is 21.5 Å². The van der Waals surface area contributed by atoms with Gasteiger partial charge in [0.1, 0.15) is 0 Å². The Kier molecular flexibility index (Phi) is 4.03. The van der Waals surface area contributed by atoms with Crippen LogP contribution in [0.1, 0.15) is 5.56 Å². The van der Waals surface area contributed by atoms with Crippen LogP contribution < -0.4 is 0 Å². The molecule has 76 valence electrons. The Morgan fingerprint density at radius 2 is 2.14 bits per heavy atom. The largest absolute Gasteiger partial charge is 0.392 e. The fourth-order valence-corrected chi connectivity index (χ4v) is 1.40. The summed E-state index contributed by atoms with van der Waals surface area (Å²) in [5.41, 5.74) is 0.622. The summed E-state index contributed by atoms with van der Waals surface area (Å²) in [6, 6.07) is 6.44. The second kappa shape index (κ2) is 5.07. The molecule has 0 heterocycles. The lowest BCUT2D eigenvalue weighted by Gasteiger charge is -2.06. The van der Waals surface area contributed by atoms with Gasteiger partial charge in [0.25, 0.3) is 5.69 Å². The van der Waals surface area contributed by atoms with Gasteiger partial charge in [0.2, 0.25) is 0 Å². The Morgan fingerprint density at radius 3 is 2.71 bits per heavy atom. The van der Waals surface area contributed by atoms with E-state index in [1.807, 2.05) is 0 Å². The standard InChI is InChI=1S/C9H10BrNO3/c10-6-8(12)5-7-3-1-2-4-9(7)11(13)14/h1-4,8,12H,5-6H2/t8-/m1/s1. The number of nitro groups is 1. The van der Waals surface area contributed by atoms with Crippen molar-refractivity contribution in [2.24, 2.45) is 0 Å². The molecule has 0 aliphatic carbocycles. The highest BCUT2D eigenvalue weighted by molar-refractivity contribution is 9.09. The van der Waals surface area contributed by atoms with Gasteiger partial charge in [-0.05, 0) is 0 Å². The number of hydrogen-bond donors (Lipinski definition) is 1. The van der Waals surface area contributed by atoms with Crippen LogP contribution in [0.25, 0.3) is 0 Å². The van der Waals surface area contributed by atoms with E-state index < -0.39 is 11.0 Å². The van der Waals surface area contributed by atoms with E-state index in [2.05, 4.69) is 15.9 Å². The van der Waals surface area contributed by atoms with Gasteiger partial charge in [-0.15, -0.1) is 0 Å². The van der Waals surface area contributed by atoms with Gasteiger partial charge in [-0.25, -0.2) is 0 Å². The first-order chi connectivity index (χ1) is 6.65. The van der Waals surface area contributed by atoms with Crippen molar-refractivity contribution in [3.05, 3.63) is 39.9 Å². The molecule has 1 aromatic rings. The van der Waals surface area contributed by atoms with Gasteiger partial charge in [0.15, 0.2) is 0 Å². The molecule has 0 aliphatic heterocycles. The lowest BCUT2D eigenvalue weighted by atomic mass is 10.1. The van der Waals surface area contributed by atoms with Crippen molar-refractivity contribution >= 4 is 21.6 Å². The molecule has 1 N–H and O–H groups in total. The second-order valence-electron chi connectivity index (χ2n) is 2.90. The lowest BCUT2D eigenvalue weighted by Crippen LogP contribution is -2.12. The molecular weight excluding hydrogens is 250 g/mol. The molecule has 0 fully saturated rings. The summed E-state index contributed by atoms with van der Waals surface area (Å²) in [5, 5.41) is 20.4. The Hall–Kier alpha value is -0.940. The van der Waals surface area contributed by atoms with Crippen molar-refractivity contribution in [2.45, 2.75) is 12.5 Å².